The number of ether oxygens (including phenoxy) is 1. The van der Waals surface area contributed by atoms with Crippen molar-refractivity contribution in [2.24, 2.45) is 0 Å². The van der Waals surface area contributed by atoms with Crippen LogP contribution < -0.4 is 10.1 Å². The summed E-state index contributed by atoms with van der Waals surface area (Å²) >= 11 is 1.80. The summed E-state index contributed by atoms with van der Waals surface area (Å²) in [6.07, 6.45) is 1.28. The van der Waals surface area contributed by atoms with Crippen molar-refractivity contribution in [3.8, 4) is 5.75 Å². The van der Waals surface area contributed by atoms with Crippen LogP contribution in [0.3, 0.4) is 0 Å². The van der Waals surface area contributed by atoms with Crippen LogP contribution in [0.4, 0.5) is 0 Å². The minimum atomic E-state index is 0.263. The van der Waals surface area contributed by atoms with Gasteiger partial charge in [0.05, 0.1) is 0 Å². The minimum absolute atomic E-state index is 0.263. The lowest BCUT2D eigenvalue weighted by atomic mass is 10.1. The first-order valence-corrected chi connectivity index (χ1v) is 7.63. The molecule has 1 aromatic carbocycles. The van der Waals surface area contributed by atoms with Crippen LogP contribution in [0.15, 0.2) is 35.7 Å². The summed E-state index contributed by atoms with van der Waals surface area (Å²) in [6.45, 7) is 5.23. The van der Waals surface area contributed by atoms with Crippen molar-refractivity contribution in [3.05, 3.63) is 51.7 Å². The van der Waals surface area contributed by atoms with Gasteiger partial charge in [0, 0.05) is 23.9 Å². The van der Waals surface area contributed by atoms with E-state index in [1.807, 2.05) is 0 Å². The molecule has 0 saturated heterocycles. The molecule has 0 amide bonds. The van der Waals surface area contributed by atoms with Gasteiger partial charge in [0.1, 0.15) is 11.9 Å². The summed E-state index contributed by atoms with van der Waals surface area (Å²) in [5, 5.41) is 5.69. The van der Waals surface area contributed by atoms with Gasteiger partial charge < -0.3 is 10.1 Å². The van der Waals surface area contributed by atoms with E-state index in [0.29, 0.717) is 6.04 Å². The molecule has 1 aromatic heterocycles. The highest BCUT2D eigenvalue weighted by atomic mass is 32.1. The highest BCUT2D eigenvalue weighted by Gasteiger charge is 2.23. The zero-order chi connectivity index (χ0) is 13.2. The molecule has 2 aromatic rings. The maximum atomic E-state index is 5.97. The molecular formula is C16H19NOS. The Bertz CT molecular complexity index is 550. The standard InChI is InChI=1S/C16H19NOS/c1-11-5-6-15-13(8-11)9-14(18-15)10-17-12(2)16-4-3-7-19-16/h3-8,12,14,17H,9-10H2,1-2H3/t12-,14?/m0/s1. The molecule has 1 aliphatic rings. The van der Waals surface area contributed by atoms with E-state index in [-0.39, 0.29) is 6.10 Å². The number of fused-ring (bicyclic) bond motifs is 1. The normalized spacial score (nSPS) is 18.9. The summed E-state index contributed by atoms with van der Waals surface area (Å²) < 4.78 is 5.97. The summed E-state index contributed by atoms with van der Waals surface area (Å²) in [7, 11) is 0. The van der Waals surface area contributed by atoms with E-state index in [4.69, 9.17) is 4.74 Å². The summed E-state index contributed by atoms with van der Waals surface area (Å²) in [4.78, 5) is 1.38. The molecule has 0 spiro atoms. The summed E-state index contributed by atoms with van der Waals surface area (Å²) in [5.41, 5.74) is 2.65. The van der Waals surface area contributed by atoms with Gasteiger partial charge in [-0.05, 0) is 36.9 Å². The second-order valence-electron chi connectivity index (χ2n) is 5.20. The van der Waals surface area contributed by atoms with Gasteiger partial charge in [-0.1, -0.05) is 23.8 Å². The third-order valence-corrected chi connectivity index (χ3v) is 4.63. The third-order valence-electron chi connectivity index (χ3n) is 3.58. The molecule has 2 nitrogen and oxygen atoms in total. The summed E-state index contributed by atoms with van der Waals surface area (Å²) in [6, 6.07) is 11.1. The lowest BCUT2D eigenvalue weighted by Gasteiger charge is -2.16. The van der Waals surface area contributed by atoms with Crippen LogP contribution in [0.5, 0.6) is 5.75 Å². The quantitative estimate of drug-likeness (QED) is 0.917. The van der Waals surface area contributed by atoms with Crippen molar-refractivity contribution in [2.75, 3.05) is 6.54 Å². The smallest absolute Gasteiger partial charge is 0.123 e. The Kier molecular flexibility index (Phi) is 3.58. The maximum absolute atomic E-state index is 5.97. The van der Waals surface area contributed by atoms with Gasteiger partial charge in [-0.2, -0.15) is 0 Å². The van der Waals surface area contributed by atoms with E-state index in [1.165, 1.54) is 16.0 Å². The van der Waals surface area contributed by atoms with Gasteiger partial charge in [-0.3, -0.25) is 0 Å². The van der Waals surface area contributed by atoms with E-state index in [0.717, 1.165) is 18.7 Å². The Morgan fingerprint density at radius 2 is 2.32 bits per heavy atom. The number of rotatable bonds is 4. The van der Waals surface area contributed by atoms with Crippen molar-refractivity contribution in [1.82, 2.24) is 5.32 Å². The molecule has 0 saturated carbocycles. The van der Waals surface area contributed by atoms with Crippen LogP contribution in [0.25, 0.3) is 0 Å². The highest BCUT2D eigenvalue weighted by Crippen LogP contribution is 2.29. The number of nitrogens with one attached hydrogen (secondary N) is 1. The molecule has 2 atom stereocenters. The largest absolute Gasteiger partial charge is 0.488 e. The average molecular weight is 273 g/mol. The van der Waals surface area contributed by atoms with E-state index >= 15 is 0 Å². The van der Waals surface area contributed by atoms with Gasteiger partial charge >= 0.3 is 0 Å². The average Bonchev–Trinajstić information content (AvgIpc) is 3.04. The lowest BCUT2D eigenvalue weighted by molar-refractivity contribution is 0.223. The fourth-order valence-electron chi connectivity index (χ4n) is 2.51. The molecule has 0 aliphatic carbocycles. The van der Waals surface area contributed by atoms with E-state index in [9.17, 15) is 0 Å². The van der Waals surface area contributed by atoms with E-state index in [1.54, 1.807) is 11.3 Å². The number of thiophene rings is 1. The molecule has 1 aliphatic heterocycles. The predicted octanol–water partition coefficient (Wildman–Crippen LogP) is 3.71. The fourth-order valence-corrected chi connectivity index (χ4v) is 3.27. The maximum Gasteiger partial charge on any atom is 0.123 e. The molecule has 2 heterocycles. The monoisotopic (exact) mass is 273 g/mol. The van der Waals surface area contributed by atoms with E-state index < -0.39 is 0 Å². The molecule has 0 bridgehead atoms. The van der Waals surface area contributed by atoms with Gasteiger partial charge in [-0.15, -0.1) is 11.3 Å². The second-order valence-corrected chi connectivity index (χ2v) is 6.18. The summed E-state index contributed by atoms with van der Waals surface area (Å²) in [5.74, 6) is 1.06. The molecule has 3 heteroatoms. The van der Waals surface area contributed by atoms with Gasteiger partial charge in [0.25, 0.3) is 0 Å². The van der Waals surface area contributed by atoms with Crippen LogP contribution in [0, 0.1) is 6.92 Å². The van der Waals surface area contributed by atoms with Gasteiger partial charge in [-0.25, -0.2) is 0 Å². The topological polar surface area (TPSA) is 21.3 Å². The first-order valence-electron chi connectivity index (χ1n) is 6.75. The van der Waals surface area contributed by atoms with Crippen molar-refractivity contribution >= 4 is 11.3 Å². The first-order chi connectivity index (χ1) is 9.22. The zero-order valence-corrected chi connectivity index (χ0v) is 12.2. The van der Waals surface area contributed by atoms with Crippen LogP contribution in [-0.2, 0) is 6.42 Å². The van der Waals surface area contributed by atoms with Crippen molar-refractivity contribution < 1.29 is 4.74 Å². The molecular weight excluding hydrogens is 254 g/mol. The molecule has 0 radical (unpaired) electrons. The molecule has 100 valence electrons. The highest BCUT2D eigenvalue weighted by molar-refractivity contribution is 7.10. The first kappa shape index (κ1) is 12.7. The predicted molar refractivity (Wildman–Crippen MR) is 80.0 cm³/mol. The zero-order valence-electron chi connectivity index (χ0n) is 11.3. The number of benzene rings is 1. The van der Waals surface area contributed by atoms with Gasteiger partial charge in [0.15, 0.2) is 0 Å². The van der Waals surface area contributed by atoms with Crippen molar-refractivity contribution in [1.29, 1.82) is 0 Å². The van der Waals surface area contributed by atoms with Crippen molar-refractivity contribution in [2.45, 2.75) is 32.4 Å². The molecule has 1 N–H and O–H groups in total. The SMILES string of the molecule is Cc1ccc2c(c1)CC(CN[C@@H](C)c1cccs1)O2. The Hall–Kier alpha value is -1.32. The number of hydrogen-bond acceptors (Lipinski definition) is 3. The fraction of sp³-hybridized carbons (Fsp3) is 0.375. The van der Waals surface area contributed by atoms with Crippen LogP contribution in [0.2, 0.25) is 0 Å². The van der Waals surface area contributed by atoms with Gasteiger partial charge in [0.2, 0.25) is 0 Å². The van der Waals surface area contributed by atoms with E-state index in [2.05, 4.69) is 54.9 Å². The Labute approximate surface area is 118 Å². The Morgan fingerprint density at radius 1 is 1.42 bits per heavy atom. The Morgan fingerprint density at radius 3 is 3.11 bits per heavy atom. The molecule has 3 rings (SSSR count). The third kappa shape index (κ3) is 2.82. The van der Waals surface area contributed by atoms with Crippen LogP contribution in [0.1, 0.15) is 29.0 Å². The molecule has 19 heavy (non-hydrogen) atoms. The van der Waals surface area contributed by atoms with Crippen LogP contribution >= 0.6 is 11.3 Å². The van der Waals surface area contributed by atoms with Crippen molar-refractivity contribution in [3.63, 3.8) is 0 Å². The number of aryl methyl sites for hydroxylation is 1. The minimum Gasteiger partial charge on any atom is -0.488 e. The molecule has 0 fully saturated rings. The lowest BCUT2D eigenvalue weighted by Crippen LogP contribution is -2.31. The molecule has 1 unspecified atom stereocenters. The van der Waals surface area contributed by atoms with Crippen LogP contribution in [-0.4, -0.2) is 12.6 Å². The Balaban J connectivity index is 1.56. The number of hydrogen-bond donors (Lipinski definition) is 1. The second kappa shape index (κ2) is 5.35.